The fourth-order valence-electron chi connectivity index (χ4n) is 1.51. The molecule has 0 spiro atoms. The number of aryl methyl sites for hydroxylation is 1. The summed E-state index contributed by atoms with van der Waals surface area (Å²) in [4.78, 5) is 1.06. The smallest absolute Gasteiger partial charge is 0.245 e. The van der Waals surface area contributed by atoms with Crippen LogP contribution in [-0.4, -0.2) is 8.42 Å². The van der Waals surface area contributed by atoms with Gasteiger partial charge in [-0.25, -0.2) is 13.1 Å². The summed E-state index contributed by atoms with van der Waals surface area (Å²) in [6, 6.07) is 3.38. The number of halogens is 1. The average molecular weight is 365 g/mol. The molecule has 5 nitrogen and oxygen atoms in total. The highest BCUT2D eigenvalue weighted by atomic mass is 79.9. The first-order valence-electron chi connectivity index (χ1n) is 5.45. The molecule has 0 unspecified atom stereocenters. The second-order valence-corrected chi connectivity index (χ2v) is 7.36. The van der Waals surface area contributed by atoms with Crippen LogP contribution in [0.4, 0.5) is 0 Å². The van der Waals surface area contributed by atoms with Crippen LogP contribution in [0, 0.1) is 6.92 Å². The van der Waals surface area contributed by atoms with Crippen LogP contribution in [0.3, 0.4) is 0 Å². The van der Waals surface area contributed by atoms with Gasteiger partial charge < -0.3 is 10.2 Å². The van der Waals surface area contributed by atoms with E-state index in [1.54, 1.807) is 0 Å². The van der Waals surface area contributed by atoms with Crippen molar-refractivity contribution < 1.29 is 12.8 Å². The summed E-state index contributed by atoms with van der Waals surface area (Å²) in [5.74, 6) is 0.416. The van der Waals surface area contributed by atoms with Crippen molar-refractivity contribution in [3.8, 4) is 0 Å². The number of hydrogen-bond acceptors (Lipinski definition) is 5. The molecule has 2 aromatic rings. The molecule has 19 heavy (non-hydrogen) atoms. The molecule has 0 radical (unpaired) electrons. The highest BCUT2D eigenvalue weighted by Gasteiger charge is 2.22. The first-order chi connectivity index (χ1) is 8.94. The number of nitrogens with one attached hydrogen (secondary N) is 1. The Morgan fingerprint density at radius 3 is 2.79 bits per heavy atom. The van der Waals surface area contributed by atoms with Crippen molar-refractivity contribution >= 4 is 37.3 Å². The van der Waals surface area contributed by atoms with E-state index in [-0.39, 0.29) is 22.7 Å². The Balaban J connectivity index is 2.18. The van der Waals surface area contributed by atoms with Gasteiger partial charge in [0.1, 0.15) is 10.7 Å². The lowest BCUT2D eigenvalue weighted by Crippen LogP contribution is -2.23. The Hall–Kier alpha value is -0.670. The minimum atomic E-state index is -3.61. The van der Waals surface area contributed by atoms with Crippen molar-refractivity contribution in [2.24, 2.45) is 5.73 Å². The monoisotopic (exact) mass is 364 g/mol. The van der Waals surface area contributed by atoms with Crippen molar-refractivity contribution in [2.75, 3.05) is 0 Å². The van der Waals surface area contributed by atoms with E-state index in [9.17, 15) is 8.42 Å². The predicted octanol–water partition coefficient (Wildman–Crippen LogP) is 2.35. The molecule has 0 aromatic carbocycles. The normalized spacial score (nSPS) is 11.9. The Bertz CT molecular complexity index is 676. The van der Waals surface area contributed by atoms with E-state index in [4.69, 9.17) is 10.2 Å². The molecule has 0 amide bonds. The van der Waals surface area contributed by atoms with Crippen LogP contribution in [0.15, 0.2) is 31.5 Å². The Morgan fingerprint density at radius 1 is 1.53 bits per heavy atom. The summed E-state index contributed by atoms with van der Waals surface area (Å²) in [5, 5.41) is 1.93. The van der Waals surface area contributed by atoms with E-state index in [2.05, 4.69) is 20.7 Å². The number of thiophene rings is 1. The lowest BCUT2D eigenvalue weighted by atomic mass is 10.3. The van der Waals surface area contributed by atoms with Gasteiger partial charge in [-0.2, -0.15) is 0 Å². The van der Waals surface area contributed by atoms with Gasteiger partial charge in [0.05, 0.1) is 6.54 Å². The summed E-state index contributed by atoms with van der Waals surface area (Å²) >= 11 is 4.61. The Labute approximate surface area is 124 Å². The van der Waals surface area contributed by atoms with Crippen molar-refractivity contribution in [2.45, 2.75) is 24.9 Å². The summed E-state index contributed by atoms with van der Waals surface area (Å²) in [7, 11) is -3.61. The Morgan fingerprint density at radius 2 is 2.26 bits per heavy atom. The minimum absolute atomic E-state index is 0.0714. The minimum Gasteiger partial charge on any atom is -0.452 e. The number of nitrogens with two attached hydrogens (primary N) is 1. The highest BCUT2D eigenvalue weighted by molar-refractivity contribution is 9.10. The number of furan rings is 1. The van der Waals surface area contributed by atoms with Gasteiger partial charge in [-0.1, -0.05) is 0 Å². The second-order valence-electron chi connectivity index (χ2n) is 3.91. The second kappa shape index (κ2) is 5.76. The average Bonchev–Trinajstić information content (AvgIpc) is 2.93. The lowest BCUT2D eigenvalue weighted by Gasteiger charge is -2.04. The van der Waals surface area contributed by atoms with Gasteiger partial charge in [0.2, 0.25) is 10.0 Å². The molecule has 2 heterocycles. The summed E-state index contributed by atoms with van der Waals surface area (Å²) in [5.41, 5.74) is 6.49. The first kappa shape index (κ1) is 14.7. The third-order valence-electron chi connectivity index (χ3n) is 2.59. The molecule has 2 aromatic heterocycles. The van der Waals surface area contributed by atoms with Crippen LogP contribution in [-0.2, 0) is 23.1 Å². The van der Waals surface area contributed by atoms with Crippen molar-refractivity contribution in [3.63, 3.8) is 0 Å². The quantitative estimate of drug-likeness (QED) is 0.852. The van der Waals surface area contributed by atoms with Crippen LogP contribution in [0.2, 0.25) is 0 Å². The van der Waals surface area contributed by atoms with E-state index in [0.717, 1.165) is 10.4 Å². The van der Waals surface area contributed by atoms with Gasteiger partial charge in [-0.3, -0.25) is 0 Å². The van der Waals surface area contributed by atoms with E-state index >= 15 is 0 Å². The zero-order valence-corrected chi connectivity index (χ0v) is 13.4. The maximum atomic E-state index is 12.2. The molecule has 0 bridgehead atoms. The van der Waals surface area contributed by atoms with E-state index in [1.807, 2.05) is 18.4 Å². The maximum Gasteiger partial charge on any atom is 0.245 e. The molecule has 3 N–H and O–H groups in total. The van der Waals surface area contributed by atoms with Gasteiger partial charge in [0, 0.05) is 17.5 Å². The predicted molar refractivity (Wildman–Crippen MR) is 77.4 cm³/mol. The zero-order valence-electron chi connectivity index (χ0n) is 10.1. The van der Waals surface area contributed by atoms with Crippen molar-refractivity contribution in [1.29, 1.82) is 0 Å². The topological polar surface area (TPSA) is 85.3 Å². The molecule has 0 atom stereocenters. The molecule has 0 aliphatic carbocycles. The number of rotatable bonds is 5. The maximum absolute atomic E-state index is 12.2. The van der Waals surface area contributed by atoms with E-state index in [0.29, 0.717) is 5.76 Å². The summed E-state index contributed by atoms with van der Waals surface area (Å²) < 4.78 is 32.2. The zero-order chi connectivity index (χ0) is 14.0. The van der Waals surface area contributed by atoms with Crippen LogP contribution in [0.5, 0.6) is 0 Å². The third-order valence-corrected chi connectivity index (χ3v) is 5.87. The molecule has 8 heteroatoms. The first-order valence-corrected chi connectivity index (χ1v) is 8.60. The fourth-order valence-corrected chi connectivity index (χ4v) is 4.43. The highest BCUT2D eigenvalue weighted by Crippen LogP contribution is 2.26. The molecule has 104 valence electrons. The molecule has 0 aliphatic rings. The van der Waals surface area contributed by atoms with Crippen molar-refractivity contribution in [3.05, 3.63) is 38.4 Å². The van der Waals surface area contributed by atoms with E-state index < -0.39 is 10.0 Å². The summed E-state index contributed by atoms with van der Waals surface area (Å²) in [6.07, 6.45) is 0. The van der Waals surface area contributed by atoms with E-state index in [1.165, 1.54) is 17.4 Å². The lowest BCUT2D eigenvalue weighted by molar-refractivity contribution is 0.483. The van der Waals surface area contributed by atoms with Gasteiger partial charge in [-0.15, -0.1) is 11.3 Å². The largest absolute Gasteiger partial charge is 0.452 e. The molecule has 0 saturated heterocycles. The van der Waals surface area contributed by atoms with Crippen LogP contribution >= 0.6 is 27.3 Å². The van der Waals surface area contributed by atoms with Crippen LogP contribution in [0.25, 0.3) is 0 Å². The van der Waals surface area contributed by atoms with Gasteiger partial charge >= 0.3 is 0 Å². The Kier molecular flexibility index (Phi) is 4.46. The van der Waals surface area contributed by atoms with Crippen LogP contribution < -0.4 is 10.5 Å². The summed E-state index contributed by atoms with van der Waals surface area (Å²) in [6.45, 7) is 2.36. The molecule has 0 saturated carbocycles. The molecule has 2 rings (SSSR count). The number of sulfonamides is 1. The van der Waals surface area contributed by atoms with Gasteiger partial charge in [-0.05, 0) is 39.9 Å². The van der Waals surface area contributed by atoms with Gasteiger partial charge in [0.15, 0.2) is 4.67 Å². The molecule has 0 fully saturated rings. The fraction of sp³-hybridized carbons (Fsp3) is 0.273. The van der Waals surface area contributed by atoms with Crippen LogP contribution in [0.1, 0.15) is 16.2 Å². The molecular formula is C11H13BrN2O3S2. The third kappa shape index (κ3) is 3.26. The number of hydrogen-bond donors (Lipinski definition) is 2. The molecule has 0 aliphatic heterocycles. The van der Waals surface area contributed by atoms with Gasteiger partial charge in [0.25, 0.3) is 0 Å². The SMILES string of the molecule is Cc1ccsc1CNS(=O)(=O)c1cc(CN)oc1Br. The van der Waals surface area contributed by atoms with Crippen molar-refractivity contribution in [1.82, 2.24) is 4.72 Å². The standard InChI is InChI=1S/C11H13BrN2O3S2/c1-7-2-3-18-9(7)6-14-19(15,16)10-4-8(5-13)17-11(10)12/h2-4,14H,5-6,13H2,1H3. The molecular weight excluding hydrogens is 352 g/mol.